The quantitative estimate of drug-likeness (QED) is 0.353. The number of imidazole rings is 1. The van der Waals surface area contributed by atoms with Crippen LogP contribution in [-0.4, -0.2) is 34.7 Å². The summed E-state index contributed by atoms with van der Waals surface area (Å²) in [6.45, 7) is 0.420. The molecule has 6 rings (SSSR count). The van der Waals surface area contributed by atoms with Crippen molar-refractivity contribution in [2.75, 3.05) is 0 Å². The molecule has 0 atom stereocenters. The fraction of sp³-hybridized carbons (Fsp3) is 0.0417. The van der Waals surface area contributed by atoms with Gasteiger partial charge in [0.2, 0.25) is 0 Å². The first-order valence-electron chi connectivity index (χ1n) is 10.5. The molecule has 170 valence electrons. The zero-order valence-corrected chi connectivity index (χ0v) is 19.4. The molecule has 6 aromatic rings. The van der Waals surface area contributed by atoms with Gasteiger partial charge in [-0.1, -0.05) is 27.2 Å². The van der Waals surface area contributed by atoms with Crippen LogP contribution >= 0.6 is 15.9 Å². The average molecular weight is 529 g/mol. The highest BCUT2D eigenvalue weighted by Gasteiger charge is 2.17. The number of hydrogen-bond donors (Lipinski definition) is 2. The molecule has 35 heavy (non-hydrogen) atoms. The maximum absolute atomic E-state index is 15.1. The van der Waals surface area contributed by atoms with E-state index in [1.165, 1.54) is 10.7 Å². The number of hydrogen-bond acceptors (Lipinski definition) is 5. The molecule has 0 saturated carbocycles. The van der Waals surface area contributed by atoms with E-state index in [1.54, 1.807) is 41.2 Å². The van der Waals surface area contributed by atoms with Crippen LogP contribution in [0.3, 0.4) is 0 Å². The van der Waals surface area contributed by atoms with Gasteiger partial charge in [-0.05, 0) is 54.1 Å². The molecule has 3 aromatic carbocycles. The van der Waals surface area contributed by atoms with Gasteiger partial charge in [-0.15, -0.1) is 5.10 Å². The lowest BCUT2D eigenvalue weighted by Crippen LogP contribution is -2.05. The summed E-state index contributed by atoms with van der Waals surface area (Å²) < 4.78 is 19.2. The molecule has 11 heteroatoms. The highest BCUT2D eigenvalue weighted by atomic mass is 79.9. The molecule has 0 saturated heterocycles. The number of rotatable bonds is 4. The van der Waals surface area contributed by atoms with Crippen molar-refractivity contribution in [3.05, 3.63) is 92.7 Å². The number of fused-ring (bicyclic) bond motifs is 2. The summed E-state index contributed by atoms with van der Waals surface area (Å²) in [4.78, 5) is 17.0. The van der Waals surface area contributed by atoms with Crippen molar-refractivity contribution in [3.8, 4) is 23.0 Å². The Hall–Kier alpha value is -4.56. The predicted molar refractivity (Wildman–Crippen MR) is 130 cm³/mol. The Bertz CT molecular complexity index is 1860. The smallest absolute Gasteiger partial charge is 0.306 e. The lowest BCUT2D eigenvalue weighted by molar-refractivity contribution is 0.635. The van der Waals surface area contributed by atoms with Crippen LogP contribution in [0, 0.1) is 17.1 Å². The summed E-state index contributed by atoms with van der Waals surface area (Å²) in [5, 5.41) is 21.7. The lowest BCUT2D eigenvalue weighted by atomic mass is 10.1. The molecule has 0 unspecified atom stereocenters. The van der Waals surface area contributed by atoms with Gasteiger partial charge in [0, 0.05) is 16.2 Å². The molecule has 3 aromatic heterocycles. The Balaban J connectivity index is 1.44. The standard InChI is InChI=1S/C24H14BrFN8O/c25-17-7-13(11-27)1-2-14(17)12-33-21(5-6-28-33)15-8-18(26)23-22(9-15)34(32-31-23)16-3-4-19-20(10-16)30-24(35)29-19/h1-10H,12H2,(H2,29,30,35). The highest BCUT2D eigenvalue weighted by Crippen LogP contribution is 2.29. The summed E-state index contributed by atoms with van der Waals surface area (Å²) in [5.74, 6) is -0.507. The Morgan fingerprint density at radius 3 is 2.74 bits per heavy atom. The van der Waals surface area contributed by atoms with E-state index < -0.39 is 5.82 Å². The fourth-order valence-electron chi connectivity index (χ4n) is 4.08. The summed E-state index contributed by atoms with van der Waals surface area (Å²) >= 11 is 3.51. The molecular weight excluding hydrogens is 515 g/mol. The number of aromatic nitrogens is 7. The first-order valence-corrected chi connectivity index (χ1v) is 11.3. The molecule has 0 aliphatic heterocycles. The summed E-state index contributed by atoms with van der Waals surface area (Å²) in [7, 11) is 0. The van der Waals surface area contributed by atoms with E-state index in [1.807, 2.05) is 18.2 Å². The Morgan fingerprint density at radius 1 is 1.06 bits per heavy atom. The molecule has 0 bridgehead atoms. The number of benzene rings is 3. The Labute approximate surface area is 204 Å². The SMILES string of the molecule is N#Cc1ccc(Cn2nccc2-c2cc(F)c3nnn(-c4ccc5[nH]c(=O)[nH]c5c4)c3c2)c(Br)c1. The second-order valence-corrected chi connectivity index (χ2v) is 8.78. The van der Waals surface area contributed by atoms with E-state index in [2.05, 4.69) is 47.4 Å². The first kappa shape index (κ1) is 21.0. The van der Waals surface area contributed by atoms with Gasteiger partial charge in [0.1, 0.15) is 5.52 Å². The average Bonchev–Trinajstić information content (AvgIpc) is 3.57. The number of nitrogens with zero attached hydrogens (tertiary/aromatic N) is 6. The van der Waals surface area contributed by atoms with E-state index in [0.717, 1.165) is 10.0 Å². The number of H-pyrrole nitrogens is 2. The predicted octanol–water partition coefficient (Wildman–Crippen LogP) is 4.28. The van der Waals surface area contributed by atoms with Crippen molar-refractivity contribution < 1.29 is 4.39 Å². The topological polar surface area (TPSA) is 121 Å². The molecule has 0 aliphatic carbocycles. The van der Waals surface area contributed by atoms with Crippen molar-refractivity contribution in [1.82, 2.24) is 34.7 Å². The second-order valence-electron chi connectivity index (χ2n) is 7.93. The summed E-state index contributed by atoms with van der Waals surface area (Å²) in [5.41, 5.74) is 5.00. The van der Waals surface area contributed by atoms with Gasteiger partial charge in [-0.25, -0.2) is 13.9 Å². The van der Waals surface area contributed by atoms with Crippen molar-refractivity contribution in [3.63, 3.8) is 0 Å². The van der Waals surface area contributed by atoms with Gasteiger partial charge in [0.05, 0.1) is 46.1 Å². The van der Waals surface area contributed by atoms with E-state index >= 15 is 4.39 Å². The number of aromatic amines is 2. The van der Waals surface area contributed by atoms with Crippen molar-refractivity contribution in [2.24, 2.45) is 0 Å². The van der Waals surface area contributed by atoms with Crippen molar-refractivity contribution in [2.45, 2.75) is 6.54 Å². The minimum absolute atomic E-state index is 0.136. The molecule has 0 amide bonds. The largest absolute Gasteiger partial charge is 0.323 e. The van der Waals surface area contributed by atoms with Crippen molar-refractivity contribution in [1.29, 1.82) is 5.26 Å². The van der Waals surface area contributed by atoms with Crippen LogP contribution in [0.15, 0.2) is 70.1 Å². The van der Waals surface area contributed by atoms with Crippen LogP contribution in [0.2, 0.25) is 0 Å². The number of nitriles is 1. The molecular formula is C24H14BrFN8O. The van der Waals surface area contributed by atoms with Gasteiger partial charge in [0.25, 0.3) is 0 Å². The third-order valence-corrected chi connectivity index (χ3v) is 6.50. The van der Waals surface area contributed by atoms with Crippen LogP contribution in [-0.2, 0) is 6.54 Å². The van der Waals surface area contributed by atoms with E-state index in [-0.39, 0.29) is 11.2 Å². The Morgan fingerprint density at radius 2 is 1.91 bits per heavy atom. The summed E-state index contributed by atoms with van der Waals surface area (Å²) in [6.07, 6.45) is 1.65. The molecule has 9 nitrogen and oxygen atoms in total. The Kier molecular flexibility index (Phi) is 4.82. The first-order chi connectivity index (χ1) is 17.0. The monoisotopic (exact) mass is 528 g/mol. The highest BCUT2D eigenvalue weighted by molar-refractivity contribution is 9.10. The molecule has 0 aliphatic rings. The van der Waals surface area contributed by atoms with Gasteiger partial charge in [-0.3, -0.25) is 4.68 Å². The number of halogens is 2. The zero-order chi connectivity index (χ0) is 24.1. The summed E-state index contributed by atoms with van der Waals surface area (Å²) in [6, 6.07) is 17.8. The van der Waals surface area contributed by atoms with Gasteiger partial charge >= 0.3 is 5.69 Å². The minimum Gasteiger partial charge on any atom is -0.306 e. The molecule has 2 N–H and O–H groups in total. The maximum atomic E-state index is 15.1. The second kappa shape index (κ2) is 8.03. The van der Waals surface area contributed by atoms with Crippen molar-refractivity contribution >= 4 is 38.0 Å². The van der Waals surface area contributed by atoms with Crippen LogP contribution < -0.4 is 5.69 Å². The zero-order valence-electron chi connectivity index (χ0n) is 17.8. The fourth-order valence-corrected chi connectivity index (χ4v) is 4.59. The number of nitrogens with one attached hydrogen (secondary N) is 2. The molecule has 0 radical (unpaired) electrons. The third-order valence-electron chi connectivity index (χ3n) is 5.76. The van der Waals surface area contributed by atoms with Crippen LogP contribution in [0.1, 0.15) is 11.1 Å². The normalized spacial score (nSPS) is 11.3. The van der Waals surface area contributed by atoms with Gasteiger partial charge in [0.15, 0.2) is 5.82 Å². The van der Waals surface area contributed by atoms with Gasteiger partial charge < -0.3 is 9.97 Å². The van der Waals surface area contributed by atoms with Gasteiger partial charge in [-0.2, -0.15) is 10.4 Å². The van der Waals surface area contributed by atoms with Crippen LogP contribution in [0.25, 0.3) is 39.0 Å². The van der Waals surface area contributed by atoms with E-state index in [9.17, 15) is 4.79 Å². The van der Waals surface area contributed by atoms with E-state index in [0.29, 0.717) is 45.6 Å². The van der Waals surface area contributed by atoms with Crippen LogP contribution in [0.5, 0.6) is 0 Å². The van der Waals surface area contributed by atoms with Crippen LogP contribution in [0.4, 0.5) is 4.39 Å². The molecule has 0 spiro atoms. The third kappa shape index (κ3) is 3.60. The van der Waals surface area contributed by atoms with E-state index in [4.69, 9.17) is 5.26 Å². The molecule has 0 fully saturated rings. The maximum Gasteiger partial charge on any atom is 0.323 e. The minimum atomic E-state index is -0.507. The lowest BCUT2D eigenvalue weighted by Gasteiger charge is -2.11. The molecule has 3 heterocycles.